The second-order valence-corrected chi connectivity index (χ2v) is 9.57. The van der Waals surface area contributed by atoms with Crippen LogP contribution in [0, 0.1) is 25.2 Å². The number of piperazine rings is 1. The second kappa shape index (κ2) is 9.32. The van der Waals surface area contributed by atoms with Gasteiger partial charge in [-0.1, -0.05) is 31.2 Å². The molecule has 0 bridgehead atoms. The van der Waals surface area contributed by atoms with Crippen molar-refractivity contribution in [1.82, 2.24) is 25.1 Å². The van der Waals surface area contributed by atoms with Gasteiger partial charge in [0.2, 0.25) is 0 Å². The number of tetrazole rings is 1. The summed E-state index contributed by atoms with van der Waals surface area (Å²) in [5.74, 6) is 0.831. The number of aromatic nitrogens is 4. The molecule has 0 amide bonds. The number of hydrogen-bond donors (Lipinski definition) is 0. The number of anilines is 1. The zero-order valence-electron chi connectivity index (χ0n) is 20.3. The highest BCUT2D eigenvalue weighted by Gasteiger charge is 2.34. The fourth-order valence-corrected chi connectivity index (χ4v) is 4.53. The van der Waals surface area contributed by atoms with Crippen LogP contribution in [-0.4, -0.2) is 51.3 Å². The first-order valence-corrected chi connectivity index (χ1v) is 11.7. The van der Waals surface area contributed by atoms with Crippen LogP contribution in [0.1, 0.15) is 61.3 Å². The number of rotatable bonds is 6. The maximum absolute atomic E-state index is 9.50. The predicted molar refractivity (Wildman–Crippen MR) is 130 cm³/mol. The number of benzene rings is 2. The van der Waals surface area contributed by atoms with Gasteiger partial charge in [-0.2, -0.15) is 5.26 Å². The summed E-state index contributed by atoms with van der Waals surface area (Å²) in [7, 11) is 0. The third-order valence-corrected chi connectivity index (χ3v) is 6.89. The average molecular weight is 444 g/mol. The second-order valence-electron chi connectivity index (χ2n) is 9.57. The predicted octanol–water partition coefficient (Wildman–Crippen LogP) is 4.22. The first-order valence-electron chi connectivity index (χ1n) is 11.7. The molecule has 172 valence electrons. The molecule has 0 saturated carbocycles. The smallest absolute Gasteiger partial charge is 0.173 e. The minimum absolute atomic E-state index is 0.111. The Kier molecular flexibility index (Phi) is 6.48. The van der Waals surface area contributed by atoms with Crippen molar-refractivity contribution in [3.8, 4) is 6.07 Å². The van der Waals surface area contributed by atoms with Crippen molar-refractivity contribution in [1.29, 1.82) is 5.26 Å². The summed E-state index contributed by atoms with van der Waals surface area (Å²) >= 11 is 0. The van der Waals surface area contributed by atoms with E-state index in [2.05, 4.69) is 90.3 Å². The molecule has 0 radical (unpaired) electrons. The number of nitriles is 1. The fourth-order valence-electron chi connectivity index (χ4n) is 4.53. The Labute approximate surface area is 196 Å². The van der Waals surface area contributed by atoms with Crippen LogP contribution < -0.4 is 4.90 Å². The molecule has 2 heterocycles. The van der Waals surface area contributed by atoms with Gasteiger partial charge in [-0.3, -0.25) is 4.90 Å². The number of hydrogen-bond acceptors (Lipinski definition) is 6. The molecule has 1 aliphatic heterocycles. The van der Waals surface area contributed by atoms with Gasteiger partial charge in [0.1, 0.15) is 0 Å². The SMILES string of the molecule is CCC(C)(C)n1nnnc1[C@@H](c1cccc(C#N)c1)N1CCN(c2cc(C)ccc2C)CC1. The Bertz CT molecular complexity index is 1150. The van der Waals surface area contributed by atoms with Crippen LogP contribution in [0.3, 0.4) is 0 Å². The van der Waals surface area contributed by atoms with Crippen molar-refractivity contribution in [3.63, 3.8) is 0 Å². The van der Waals surface area contributed by atoms with Crippen molar-refractivity contribution < 1.29 is 0 Å². The fraction of sp³-hybridized carbons (Fsp3) is 0.462. The number of aryl methyl sites for hydroxylation is 2. The Hall–Kier alpha value is -3.24. The molecular weight excluding hydrogens is 410 g/mol. The molecule has 7 heteroatoms. The van der Waals surface area contributed by atoms with Crippen LogP contribution in [-0.2, 0) is 5.54 Å². The van der Waals surface area contributed by atoms with E-state index in [0.29, 0.717) is 5.56 Å². The standard InChI is InChI=1S/C26H33N7/c1-6-26(4,5)33-25(28-29-30-33)24(22-9-7-8-21(17-22)18-27)32-14-12-31(13-15-32)23-16-19(2)10-11-20(23)3/h7-11,16-17,24H,6,12-15H2,1-5H3/t24-/m1/s1. The van der Waals surface area contributed by atoms with E-state index in [0.717, 1.165) is 44.0 Å². The molecule has 2 aromatic carbocycles. The first-order chi connectivity index (χ1) is 15.8. The molecule has 33 heavy (non-hydrogen) atoms. The summed E-state index contributed by atoms with van der Waals surface area (Å²) in [5, 5.41) is 22.4. The van der Waals surface area contributed by atoms with E-state index >= 15 is 0 Å². The highest BCUT2D eigenvalue weighted by Crippen LogP contribution is 2.33. The van der Waals surface area contributed by atoms with Crippen LogP contribution in [0.5, 0.6) is 0 Å². The van der Waals surface area contributed by atoms with Gasteiger partial charge >= 0.3 is 0 Å². The maximum Gasteiger partial charge on any atom is 0.173 e. The van der Waals surface area contributed by atoms with Crippen LogP contribution in [0.15, 0.2) is 42.5 Å². The summed E-state index contributed by atoms with van der Waals surface area (Å²) < 4.78 is 1.97. The molecule has 1 saturated heterocycles. The van der Waals surface area contributed by atoms with E-state index in [1.165, 1.54) is 16.8 Å². The molecule has 1 aromatic heterocycles. The van der Waals surface area contributed by atoms with E-state index in [-0.39, 0.29) is 11.6 Å². The van der Waals surface area contributed by atoms with Gasteiger partial charge in [-0.15, -0.1) is 5.10 Å². The summed E-state index contributed by atoms with van der Waals surface area (Å²) in [4.78, 5) is 4.92. The van der Waals surface area contributed by atoms with Gasteiger partial charge in [-0.25, -0.2) is 4.68 Å². The van der Waals surface area contributed by atoms with Gasteiger partial charge in [0, 0.05) is 31.9 Å². The van der Waals surface area contributed by atoms with Crippen LogP contribution in [0.4, 0.5) is 5.69 Å². The number of nitrogens with zero attached hydrogens (tertiary/aromatic N) is 7. The normalized spacial score (nSPS) is 15.9. The summed E-state index contributed by atoms with van der Waals surface area (Å²) in [5.41, 5.74) is 5.41. The van der Waals surface area contributed by atoms with Crippen molar-refractivity contribution in [2.75, 3.05) is 31.1 Å². The highest BCUT2D eigenvalue weighted by atomic mass is 15.6. The Balaban J connectivity index is 1.68. The monoisotopic (exact) mass is 443 g/mol. The Morgan fingerprint density at radius 2 is 1.82 bits per heavy atom. The van der Waals surface area contributed by atoms with Gasteiger partial charge in [-0.05, 0) is 79.4 Å². The third-order valence-electron chi connectivity index (χ3n) is 6.89. The lowest BCUT2D eigenvalue weighted by Gasteiger charge is -2.41. The van der Waals surface area contributed by atoms with E-state index < -0.39 is 0 Å². The van der Waals surface area contributed by atoms with Crippen molar-refractivity contribution in [2.24, 2.45) is 0 Å². The van der Waals surface area contributed by atoms with Gasteiger partial charge in [0.15, 0.2) is 5.82 Å². The van der Waals surface area contributed by atoms with Crippen molar-refractivity contribution in [2.45, 2.75) is 52.6 Å². The summed E-state index contributed by atoms with van der Waals surface area (Å²) in [6.45, 7) is 14.4. The van der Waals surface area contributed by atoms with Crippen LogP contribution in [0.25, 0.3) is 0 Å². The summed E-state index contributed by atoms with van der Waals surface area (Å²) in [6.07, 6.45) is 0.913. The molecule has 4 rings (SSSR count). The lowest BCUT2D eigenvalue weighted by molar-refractivity contribution is 0.187. The van der Waals surface area contributed by atoms with Gasteiger partial charge < -0.3 is 4.90 Å². The van der Waals surface area contributed by atoms with Crippen molar-refractivity contribution in [3.05, 3.63) is 70.5 Å². The average Bonchev–Trinajstić information content (AvgIpc) is 3.32. The molecule has 3 aromatic rings. The third kappa shape index (κ3) is 4.62. The van der Waals surface area contributed by atoms with E-state index in [4.69, 9.17) is 0 Å². The van der Waals surface area contributed by atoms with E-state index in [9.17, 15) is 5.26 Å². The van der Waals surface area contributed by atoms with Crippen LogP contribution in [0.2, 0.25) is 0 Å². The molecule has 0 aliphatic carbocycles. The molecule has 0 unspecified atom stereocenters. The summed E-state index contributed by atoms with van der Waals surface area (Å²) in [6, 6.07) is 16.7. The molecule has 0 N–H and O–H groups in total. The van der Waals surface area contributed by atoms with Gasteiger partial charge in [0.25, 0.3) is 0 Å². The van der Waals surface area contributed by atoms with Crippen molar-refractivity contribution >= 4 is 5.69 Å². The molecule has 0 spiro atoms. The zero-order chi connectivity index (χ0) is 23.6. The van der Waals surface area contributed by atoms with Crippen LogP contribution >= 0.6 is 0 Å². The molecular formula is C26H33N7. The quantitative estimate of drug-likeness (QED) is 0.568. The lowest BCUT2D eigenvalue weighted by atomic mass is 9.98. The minimum Gasteiger partial charge on any atom is -0.369 e. The van der Waals surface area contributed by atoms with Gasteiger partial charge in [0.05, 0.1) is 23.2 Å². The molecule has 1 atom stereocenters. The molecule has 7 nitrogen and oxygen atoms in total. The first kappa shape index (κ1) is 22.9. The molecule has 1 aliphatic rings. The Morgan fingerprint density at radius 1 is 1.06 bits per heavy atom. The zero-order valence-corrected chi connectivity index (χ0v) is 20.3. The molecule has 1 fully saturated rings. The largest absolute Gasteiger partial charge is 0.369 e. The maximum atomic E-state index is 9.50. The lowest BCUT2D eigenvalue weighted by Crippen LogP contribution is -2.49. The minimum atomic E-state index is -0.204. The topological polar surface area (TPSA) is 73.9 Å². The Morgan fingerprint density at radius 3 is 2.52 bits per heavy atom. The van der Waals surface area contributed by atoms with E-state index in [1.807, 2.05) is 22.9 Å². The van der Waals surface area contributed by atoms with E-state index in [1.54, 1.807) is 0 Å². The highest BCUT2D eigenvalue weighted by molar-refractivity contribution is 5.55.